The van der Waals surface area contributed by atoms with E-state index in [1.807, 2.05) is 6.07 Å². The maximum Gasteiger partial charge on any atom is 0.214 e. The third-order valence-electron chi connectivity index (χ3n) is 1.21. The quantitative estimate of drug-likeness (QED) is 0.630. The first-order chi connectivity index (χ1) is 5.86. The predicted octanol–water partition coefficient (Wildman–Crippen LogP) is 1.52. The second-order valence-corrected chi connectivity index (χ2v) is 2.09. The lowest BCUT2D eigenvalue weighted by atomic mass is 10.3. The minimum Gasteiger partial charge on any atom is -0.473 e. The summed E-state index contributed by atoms with van der Waals surface area (Å²) in [6.45, 7) is 3.91. The summed E-state index contributed by atoms with van der Waals surface area (Å²) in [5.41, 5.74) is 0.545. The molecule has 1 heterocycles. The zero-order valence-corrected chi connectivity index (χ0v) is 6.53. The molecule has 0 aliphatic heterocycles. The van der Waals surface area contributed by atoms with Gasteiger partial charge in [-0.2, -0.15) is 5.26 Å². The Labute approximate surface area is 70.9 Å². The first kappa shape index (κ1) is 8.28. The Bertz CT molecular complexity index is 315. The highest BCUT2D eigenvalue weighted by Gasteiger charge is 1.94. The zero-order chi connectivity index (χ0) is 8.81. The molecule has 3 nitrogen and oxygen atoms in total. The van der Waals surface area contributed by atoms with Crippen LogP contribution in [0.1, 0.15) is 5.56 Å². The molecule has 0 aliphatic rings. The number of nitriles is 1. The molecule has 0 aliphatic carbocycles. The van der Waals surface area contributed by atoms with Crippen LogP contribution in [0.3, 0.4) is 0 Å². The smallest absolute Gasteiger partial charge is 0.214 e. The number of rotatable bonds is 3. The van der Waals surface area contributed by atoms with E-state index < -0.39 is 0 Å². The van der Waals surface area contributed by atoms with Gasteiger partial charge in [-0.15, -0.1) is 0 Å². The molecule has 12 heavy (non-hydrogen) atoms. The van der Waals surface area contributed by atoms with Gasteiger partial charge in [0.25, 0.3) is 0 Å². The van der Waals surface area contributed by atoms with Crippen molar-refractivity contribution < 1.29 is 4.74 Å². The molecule has 0 saturated heterocycles. The molecule has 1 aromatic heterocycles. The average molecular weight is 160 g/mol. The van der Waals surface area contributed by atoms with Crippen LogP contribution in [0, 0.1) is 11.3 Å². The second-order valence-electron chi connectivity index (χ2n) is 2.09. The van der Waals surface area contributed by atoms with Crippen molar-refractivity contribution in [2.24, 2.45) is 0 Å². The van der Waals surface area contributed by atoms with Crippen LogP contribution in [0.5, 0.6) is 5.88 Å². The standard InChI is InChI=1S/C9H8N2O/c1-2-5-12-9-6-8(7-10)3-4-11-9/h2-4,6H,1,5H2. The average Bonchev–Trinajstić information content (AvgIpc) is 2.15. The van der Waals surface area contributed by atoms with Gasteiger partial charge in [-0.3, -0.25) is 0 Å². The number of hydrogen-bond donors (Lipinski definition) is 0. The van der Waals surface area contributed by atoms with Crippen LogP contribution in [0.25, 0.3) is 0 Å². The van der Waals surface area contributed by atoms with Gasteiger partial charge in [-0.05, 0) is 6.07 Å². The normalized spacial score (nSPS) is 8.58. The van der Waals surface area contributed by atoms with Crippen LogP contribution >= 0.6 is 0 Å². The molecule has 0 saturated carbocycles. The van der Waals surface area contributed by atoms with Gasteiger partial charge in [0, 0.05) is 12.3 Å². The highest BCUT2D eigenvalue weighted by Crippen LogP contribution is 2.07. The SMILES string of the molecule is C=CCOc1cc(C#N)ccn1. The lowest BCUT2D eigenvalue weighted by molar-refractivity contribution is 0.348. The Morgan fingerprint density at radius 2 is 2.58 bits per heavy atom. The number of ether oxygens (including phenoxy) is 1. The number of hydrogen-bond acceptors (Lipinski definition) is 3. The highest BCUT2D eigenvalue weighted by molar-refractivity contribution is 5.31. The van der Waals surface area contributed by atoms with Gasteiger partial charge in [0.15, 0.2) is 0 Å². The highest BCUT2D eigenvalue weighted by atomic mass is 16.5. The van der Waals surface area contributed by atoms with Crippen molar-refractivity contribution in [2.45, 2.75) is 0 Å². The topological polar surface area (TPSA) is 45.9 Å². The molecule has 0 spiro atoms. The lowest BCUT2D eigenvalue weighted by Gasteiger charge is -2.00. The maximum atomic E-state index is 8.53. The molecular weight excluding hydrogens is 152 g/mol. The summed E-state index contributed by atoms with van der Waals surface area (Å²) in [6, 6.07) is 5.21. The first-order valence-corrected chi connectivity index (χ1v) is 3.46. The van der Waals surface area contributed by atoms with Crippen molar-refractivity contribution in [1.29, 1.82) is 5.26 Å². The van der Waals surface area contributed by atoms with E-state index in [4.69, 9.17) is 10.00 Å². The van der Waals surface area contributed by atoms with Crippen LogP contribution in [0.15, 0.2) is 31.0 Å². The minimum absolute atomic E-state index is 0.405. The van der Waals surface area contributed by atoms with E-state index in [1.54, 1.807) is 18.2 Å². The molecule has 0 unspecified atom stereocenters. The molecule has 0 atom stereocenters. The Morgan fingerprint density at radius 3 is 3.25 bits per heavy atom. The summed E-state index contributed by atoms with van der Waals surface area (Å²) in [7, 11) is 0. The molecule has 1 rings (SSSR count). The van der Waals surface area contributed by atoms with Crippen LogP contribution in [0.2, 0.25) is 0 Å². The van der Waals surface area contributed by atoms with Gasteiger partial charge in [-0.1, -0.05) is 12.7 Å². The Kier molecular flexibility index (Phi) is 2.86. The van der Waals surface area contributed by atoms with Crippen molar-refractivity contribution in [2.75, 3.05) is 6.61 Å². The molecule has 0 radical (unpaired) electrons. The first-order valence-electron chi connectivity index (χ1n) is 3.46. The monoisotopic (exact) mass is 160 g/mol. The van der Waals surface area contributed by atoms with Gasteiger partial charge in [0.2, 0.25) is 5.88 Å². The van der Waals surface area contributed by atoms with E-state index in [1.165, 1.54) is 6.20 Å². The molecule has 0 N–H and O–H groups in total. The van der Waals surface area contributed by atoms with E-state index >= 15 is 0 Å². The van der Waals surface area contributed by atoms with E-state index in [0.29, 0.717) is 18.1 Å². The van der Waals surface area contributed by atoms with Crippen LogP contribution < -0.4 is 4.74 Å². The second kappa shape index (κ2) is 4.14. The zero-order valence-electron chi connectivity index (χ0n) is 6.53. The molecule has 3 heteroatoms. The van der Waals surface area contributed by atoms with E-state index in [9.17, 15) is 0 Å². The number of nitrogens with zero attached hydrogens (tertiary/aromatic N) is 2. The van der Waals surface area contributed by atoms with Gasteiger partial charge in [0.05, 0.1) is 11.6 Å². The Morgan fingerprint density at radius 1 is 1.75 bits per heavy atom. The van der Waals surface area contributed by atoms with Gasteiger partial charge >= 0.3 is 0 Å². The number of aromatic nitrogens is 1. The van der Waals surface area contributed by atoms with E-state index in [0.717, 1.165) is 0 Å². The van der Waals surface area contributed by atoms with Crippen molar-refractivity contribution in [3.05, 3.63) is 36.5 Å². The molecule has 0 amide bonds. The van der Waals surface area contributed by atoms with Crippen molar-refractivity contribution in [1.82, 2.24) is 4.98 Å². The fourth-order valence-corrected chi connectivity index (χ4v) is 0.702. The van der Waals surface area contributed by atoms with Gasteiger partial charge in [0.1, 0.15) is 6.61 Å². The summed E-state index contributed by atoms with van der Waals surface area (Å²) in [5, 5.41) is 8.53. The fourth-order valence-electron chi connectivity index (χ4n) is 0.702. The fraction of sp³-hybridized carbons (Fsp3) is 0.111. The van der Waals surface area contributed by atoms with Crippen LogP contribution in [0.4, 0.5) is 0 Å². The van der Waals surface area contributed by atoms with Gasteiger partial charge < -0.3 is 4.74 Å². The predicted molar refractivity (Wildman–Crippen MR) is 44.6 cm³/mol. The Balaban J connectivity index is 2.74. The summed E-state index contributed by atoms with van der Waals surface area (Å²) in [6.07, 6.45) is 3.16. The molecule has 0 bridgehead atoms. The Hall–Kier alpha value is -1.82. The molecule has 1 aromatic rings. The lowest BCUT2D eigenvalue weighted by Crippen LogP contribution is -1.95. The molecule has 60 valence electrons. The summed E-state index contributed by atoms with van der Waals surface area (Å²) < 4.78 is 5.12. The molecule has 0 fully saturated rings. The van der Waals surface area contributed by atoms with E-state index in [2.05, 4.69) is 11.6 Å². The largest absolute Gasteiger partial charge is 0.473 e. The minimum atomic E-state index is 0.405. The van der Waals surface area contributed by atoms with Crippen molar-refractivity contribution in [3.63, 3.8) is 0 Å². The third-order valence-corrected chi connectivity index (χ3v) is 1.21. The van der Waals surface area contributed by atoms with Crippen LogP contribution in [-0.4, -0.2) is 11.6 Å². The van der Waals surface area contributed by atoms with Crippen molar-refractivity contribution in [3.8, 4) is 11.9 Å². The summed E-state index contributed by atoms with van der Waals surface area (Å²) in [5.74, 6) is 0.453. The maximum absolute atomic E-state index is 8.53. The summed E-state index contributed by atoms with van der Waals surface area (Å²) in [4.78, 5) is 3.90. The van der Waals surface area contributed by atoms with Crippen LogP contribution in [-0.2, 0) is 0 Å². The van der Waals surface area contributed by atoms with Gasteiger partial charge in [-0.25, -0.2) is 4.98 Å². The molecule has 0 aromatic carbocycles. The van der Waals surface area contributed by atoms with E-state index in [-0.39, 0.29) is 0 Å². The number of pyridine rings is 1. The third kappa shape index (κ3) is 2.10. The molecular formula is C9H8N2O. The summed E-state index contributed by atoms with van der Waals surface area (Å²) >= 11 is 0. The van der Waals surface area contributed by atoms with Crippen molar-refractivity contribution >= 4 is 0 Å².